The molecule has 1 nitrogen and oxygen atoms in total. The Bertz CT molecular complexity index is 457. The first-order chi connectivity index (χ1) is 8.11. The van der Waals surface area contributed by atoms with E-state index >= 15 is 0 Å². The number of benzene rings is 1. The molecule has 0 saturated carbocycles. The quantitative estimate of drug-likeness (QED) is 0.701. The first-order valence-electron chi connectivity index (χ1n) is 4.82. The van der Waals surface area contributed by atoms with Crippen LogP contribution in [0.4, 0.5) is 26.3 Å². The van der Waals surface area contributed by atoms with E-state index in [-0.39, 0.29) is 12.0 Å². The van der Waals surface area contributed by atoms with E-state index in [2.05, 4.69) is 0 Å². The third kappa shape index (κ3) is 2.75. The van der Waals surface area contributed by atoms with Gasteiger partial charge in [-0.25, -0.2) is 0 Å². The van der Waals surface area contributed by atoms with Crippen LogP contribution in [0, 0.1) is 11.3 Å². The minimum Gasteiger partial charge on any atom is -0.192 e. The Kier molecular flexibility index (Phi) is 3.60. The van der Waals surface area contributed by atoms with Gasteiger partial charge in [-0.1, -0.05) is 6.92 Å². The molecule has 98 valence electrons. The number of halogens is 6. The molecular weight excluding hydrogens is 260 g/mol. The van der Waals surface area contributed by atoms with Gasteiger partial charge in [-0.2, -0.15) is 31.6 Å². The second-order valence-electron chi connectivity index (χ2n) is 3.53. The number of nitriles is 1. The van der Waals surface area contributed by atoms with E-state index in [0.717, 1.165) is 6.07 Å². The molecule has 1 aromatic carbocycles. The minimum atomic E-state index is -4.99. The molecule has 0 amide bonds. The van der Waals surface area contributed by atoms with Crippen molar-refractivity contribution in [1.29, 1.82) is 5.26 Å². The van der Waals surface area contributed by atoms with Crippen LogP contribution in [0.15, 0.2) is 12.1 Å². The second kappa shape index (κ2) is 4.52. The smallest absolute Gasteiger partial charge is 0.192 e. The summed E-state index contributed by atoms with van der Waals surface area (Å²) >= 11 is 0. The van der Waals surface area contributed by atoms with Crippen LogP contribution in [-0.4, -0.2) is 0 Å². The van der Waals surface area contributed by atoms with Crippen LogP contribution in [0.25, 0.3) is 0 Å². The van der Waals surface area contributed by atoms with E-state index < -0.39 is 29.0 Å². The monoisotopic (exact) mass is 267 g/mol. The third-order valence-corrected chi connectivity index (χ3v) is 2.33. The summed E-state index contributed by atoms with van der Waals surface area (Å²) in [4.78, 5) is 0. The van der Waals surface area contributed by atoms with Gasteiger partial charge >= 0.3 is 12.4 Å². The fraction of sp³-hybridized carbons (Fsp3) is 0.364. The lowest BCUT2D eigenvalue weighted by Gasteiger charge is -2.16. The number of hydrogen-bond donors (Lipinski definition) is 0. The van der Waals surface area contributed by atoms with Crippen LogP contribution in [0.1, 0.15) is 29.2 Å². The van der Waals surface area contributed by atoms with Gasteiger partial charge in [-0.05, 0) is 24.1 Å². The summed E-state index contributed by atoms with van der Waals surface area (Å²) in [6.45, 7) is 1.43. The van der Waals surface area contributed by atoms with Crippen molar-refractivity contribution in [3.63, 3.8) is 0 Å². The molecule has 0 atom stereocenters. The number of alkyl halides is 6. The molecule has 0 bridgehead atoms. The molecule has 0 aromatic heterocycles. The van der Waals surface area contributed by atoms with Crippen molar-refractivity contribution in [3.8, 4) is 6.07 Å². The molecule has 0 aliphatic rings. The second-order valence-corrected chi connectivity index (χ2v) is 3.53. The number of hydrogen-bond acceptors (Lipinski definition) is 1. The standard InChI is InChI=1S/C11H7F6N/c1-2-6-3-8(10(12,13)14)7(5-18)9(4-6)11(15,16)17/h3-4H,2H2,1H3. The Morgan fingerprint density at radius 2 is 1.39 bits per heavy atom. The Hall–Kier alpha value is -1.71. The zero-order chi connectivity index (χ0) is 14.1. The van der Waals surface area contributed by atoms with Crippen molar-refractivity contribution in [2.45, 2.75) is 25.7 Å². The van der Waals surface area contributed by atoms with Gasteiger partial charge < -0.3 is 0 Å². The molecule has 18 heavy (non-hydrogen) atoms. The van der Waals surface area contributed by atoms with Crippen LogP contribution < -0.4 is 0 Å². The molecule has 0 N–H and O–H groups in total. The molecule has 0 fully saturated rings. The molecule has 0 radical (unpaired) electrons. The normalized spacial score (nSPS) is 12.3. The maximum Gasteiger partial charge on any atom is 0.417 e. The number of aryl methyl sites for hydroxylation is 1. The molecule has 1 aromatic rings. The predicted octanol–water partition coefficient (Wildman–Crippen LogP) is 4.16. The Morgan fingerprint density at radius 3 is 1.61 bits per heavy atom. The van der Waals surface area contributed by atoms with Gasteiger partial charge in [-0.3, -0.25) is 0 Å². The van der Waals surface area contributed by atoms with Crippen LogP contribution in [0.5, 0.6) is 0 Å². The van der Waals surface area contributed by atoms with E-state index in [1.807, 2.05) is 0 Å². The lowest BCUT2D eigenvalue weighted by Crippen LogP contribution is -2.16. The molecule has 0 heterocycles. The maximum atomic E-state index is 12.6. The van der Waals surface area contributed by atoms with Crippen molar-refractivity contribution >= 4 is 0 Å². The highest BCUT2D eigenvalue weighted by Gasteiger charge is 2.41. The summed E-state index contributed by atoms with van der Waals surface area (Å²) in [5, 5.41) is 8.54. The van der Waals surface area contributed by atoms with E-state index in [1.54, 1.807) is 0 Å². The summed E-state index contributed by atoms with van der Waals surface area (Å²) in [7, 11) is 0. The van der Waals surface area contributed by atoms with Crippen molar-refractivity contribution in [3.05, 3.63) is 34.4 Å². The number of rotatable bonds is 1. The molecule has 0 unspecified atom stereocenters. The lowest BCUT2D eigenvalue weighted by atomic mass is 9.96. The van der Waals surface area contributed by atoms with Gasteiger partial charge in [0, 0.05) is 0 Å². The average Bonchev–Trinajstić information content (AvgIpc) is 2.24. The molecule has 0 spiro atoms. The van der Waals surface area contributed by atoms with Crippen LogP contribution in [0.3, 0.4) is 0 Å². The van der Waals surface area contributed by atoms with Crippen molar-refractivity contribution in [2.75, 3.05) is 0 Å². The Morgan fingerprint density at radius 1 is 1.00 bits per heavy atom. The molecule has 0 aliphatic carbocycles. The highest BCUT2D eigenvalue weighted by Crippen LogP contribution is 2.39. The summed E-state index contributed by atoms with van der Waals surface area (Å²) < 4.78 is 75.6. The van der Waals surface area contributed by atoms with Crippen molar-refractivity contribution in [1.82, 2.24) is 0 Å². The van der Waals surface area contributed by atoms with Crippen molar-refractivity contribution in [2.24, 2.45) is 0 Å². The summed E-state index contributed by atoms with van der Waals surface area (Å²) in [5.41, 5.74) is -4.59. The van der Waals surface area contributed by atoms with E-state index in [9.17, 15) is 26.3 Å². The third-order valence-electron chi connectivity index (χ3n) is 2.33. The first-order valence-corrected chi connectivity index (χ1v) is 4.82. The summed E-state index contributed by atoms with van der Waals surface area (Å²) in [5.74, 6) is 0. The molecular formula is C11H7F6N. The highest BCUT2D eigenvalue weighted by molar-refractivity contribution is 5.49. The fourth-order valence-electron chi connectivity index (χ4n) is 1.47. The predicted molar refractivity (Wildman–Crippen MR) is 50.5 cm³/mol. The van der Waals surface area contributed by atoms with E-state index in [0.29, 0.717) is 12.1 Å². The topological polar surface area (TPSA) is 23.8 Å². The molecule has 1 rings (SSSR count). The Labute approximate surface area is 98.6 Å². The Balaban J connectivity index is 3.68. The van der Waals surface area contributed by atoms with Crippen molar-refractivity contribution < 1.29 is 26.3 Å². The van der Waals surface area contributed by atoms with Gasteiger partial charge in [0.15, 0.2) is 0 Å². The average molecular weight is 267 g/mol. The van der Waals surface area contributed by atoms with E-state index in [1.165, 1.54) is 6.92 Å². The highest BCUT2D eigenvalue weighted by atomic mass is 19.4. The van der Waals surface area contributed by atoms with Gasteiger partial charge in [-0.15, -0.1) is 0 Å². The molecule has 0 aliphatic heterocycles. The van der Waals surface area contributed by atoms with Gasteiger partial charge in [0.2, 0.25) is 0 Å². The van der Waals surface area contributed by atoms with Crippen LogP contribution in [0.2, 0.25) is 0 Å². The molecule has 0 saturated heterocycles. The zero-order valence-corrected chi connectivity index (χ0v) is 9.08. The van der Waals surface area contributed by atoms with Gasteiger partial charge in [0.1, 0.15) is 6.07 Å². The fourth-order valence-corrected chi connectivity index (χ4v) is 1.47. The number of nitrogens with zero attached hydrogens (tertiary/aromatic N) is 1. The lowest BCUT2D eigenvalue weighted by molar-refractivity contribution is -0.143. The summed E-state index contributed by atoms with van der Waals surface area (Å²) in [6.07, 6.45) is -9.97. The molecule has 7 heteroatoms. The minimum absolute atomic E-state index is 0.0118. The van der Waals surface area contributed by atoms with Gasteiger partial charge in [0.25, 0.3) is 0 Å². The SMILES string of the molecule is CCc1cc(C(F)(F)F)c(C#N)c(C(F)(F)F)c1. The van der Waals surface area contributed by atoms with Crippen LogP contribution >= 0.6 is 0 Å². The van der Waals surface area contributed by atoms with Gasteiger partial charge in [0.05, 0.1) is 16.7 Å². The largest absolute Gasteiger partial charge is 0.417 e. The van der Waals surface area contributed by atoms with E-state index in [4.69, 9.17) is 5.26 Å². The summed E-state index contributed by atoms with van der Waals surface area (Å²) in [6, 6.07) is 2.14. The first kappa shape index (κ1) is 14.4. The zero-order valence-electron chi connectivity index (χ0n) is 9.08. The maximum absolute atomic E-state index is 12.6. The van der Waals surface area contributed by atoms with Crippen LogP contribution in [-0.2, 0) is 18.8 Å².